The predicted molar refractivity (Wildman–Crippen MR) is 83.8 cm³/mol. The number of ether oxygens (including phenoxy) is 2. The van der Waals surface area contributed by atoms with Gasteiger partial charge >= 0.3 is 0 Å². The maximum absolute atomic E-state index is 9.77. The van der Waals surface area contributed by atoms with Crippen LogP contribution < -0.4 is 9.47 Å². The summed E-state index contributed by atoms with van der Waals surface area (Å²) < 4.78 is 11.1. The molecule has 2 aromatic carbocycles. The van der Waals surface area contributed by atoms with Crippen LogP contribution in [-0.2, 0) is 6.61 Å². The average molecular weight is 286 g/mol. The highest BCUT2D eigenvalue weighted by atomic mass is 16.5. The summed E-state index contributed by atoms with van der Waals surface area (Å²) in [6, 6.07) is 13.6. The molecule has 0 heterocycles. The molecular formula is C18H22O3. The molecule has 3 heteroatoms. The Hall–Kier alpha value is -2.00. The van der Waals surface area contributed by atoms with Crippen LogP contribution in [0.3, 0.4) is 0 Å². The van der Waals surface area contributed by atoms with Crippen molar-refractivity contribution in [2.24, 2.45) is 0 Å². The van der Waals surface area contributed by atoms with E-state index < -0.39 is 6.10 Å². The fourth-order valence-electron chi connectivity index (χ4n) is 2.20. The van der Waals surface area contributed by atoms with Gasteiger partial charge in [-0.1, -0.05) is 30.7 Å². The highest BCUT2D eigenvalue weighted by molar-refractivity contribution is 5.37. The van der Waals surface area contributed by atoms with Crippen molar-refractivity contribution < 1.29 is 14.6 Å². The van der Waals surface area contributed by atoms with Crippen LogP contribution in [0.1, 0.15) is 36.1 Å². The van der Waals surface area contributed by atoms with Crippen LogP contribution in [0.4, 0.5) is 0 Å². The molecule has 0 aliphatic heterocycles. The number of aliphatic hydroxyl groups is 1. The zero-order chi connectivity index (χ0) is 15.2. The van der Waals surface area contributed by atoms with Crippen molar-refractivity contribution in [1.29, 1.82) is 0 Å². The molecule has 21 heavy (non-hydrogen) atoms. The van der Waals surface area contributed by atoms with E-state index in [0.717, 1.165) is 22.6 Å². The Morgan fingerprint density at radius 1 is 1.10 bits per heavy atom. The zero-order valence-electron chi connectivity index (χ0n) is 12.8. The number of rotatable bonds is 6. The maximum atomic E-state index is 9.77. The summed E-state index contributed by atoms with van der Waals surface area (Å²) >= 11 is 0. The van der Waals surface area contributed by atoms with E-state index in [0.29, 0.717) is 13.0 Å². The SMILES string of the molecule is CC[C@H](O)c1ccc(OCc2cc(C)ccc2OC)cc1. The van der Waals surface area contributed by atoms with Crippen LogP contribution in [0.25, 0.3) is 0 Å². The van der Waals surface area contributed by atoms with Crippen molar-refractivity contribution in [2.45, 2.75) is 33.0 Å². The van der Waals surface area contributed by atoms with E-state index in [4.69, 9.17) is 9.47 Å². The van der Waals surface area contributed by atoms with Gasteiger partial charge in [-0.25, -0.2) is 0 Å². The van der Waals surface area contributed by atoms with Gasteiger partial charge in [0.1, 0.15) is 18.1 Å². The normalized spacial score (nSPS) is 12.0. The molecule has 0 saturated heterocycles. The van der Waals surface area contributed by atoms with Crippen LogP contribution in [-0.4, -0.2) is 12.2 Å². The second-order valence-electron chi connectivity index (χ2n) is 5.10. The van der Waals surface area contributed by atoms with E-state index in [1.54, 1.807) is 7.11 Å². The summed E-state index contributed by atoms with van der Waals surface area (Å²) in [5.41, 5.74) is 3.11. The Bertz CT molecular complexity index is 576. The van der Waals surface area contributed by atoms with Crippen LogP contribution in [0.2, 0.25) is 0 Å². The fraction of sp³-hybridized carbons (Fsp3) is 0.333. The summed E-state index contributed by atoms with van der Waals surface area (Å²) in [7, 11) is 1.66. The Balaban J connectivity index is 2.04. The first kappa shape index (κ1) is 15.4. The van der Waals surface area contributed by atoms with Crippen LogP contribution >= 0.6 is 0 Å². The third-order valence-corrected chi connectivity index (χ3v) is 3.48. The van der Waals surface area contributed by atoms with Gasteiger partial charge in [0.15, 0.2) is 0 Å². The lowest BCUT2D eigenvalue weighted by Crippen LogP contribution is -2.00. The van der Waals surface area contributed by atoms with E-state index in [1.165, 1.54) is 5.56 Å². The minimum absolute atomic E-state index is 0.407. The van der Waals surface area contributed by atoms with E-state index in [9.17, 15) is 5.11 Å². The molecule has 0 spiro atoms. The molecule has 0 radical (unpaired) electrons. The number of hydrogen-bond acceptors (Lipinski definition) is 3. The van der Waals surface area contributed by atoms with Gasteiger partial charge < -0.3 is 14.6 Å². The molecule has 2 aromatic rings. The largest absolute Gasteiger partial charge is 0.496 e. The standard InChI is InChI=1S/C18H22O3/c1-4-17(19)14-6-8-16(9-7-14)21-12-15-11-13(2)5-10-18(15)20-3/h5-11,17,19H,4,12H2,1-3H3/t17-/m0/s1. The van der Waals surface area contributed by atoms with Gasteiger partial charge in [-0.2, -0.15) is 0 Å². The molecular weight excluding hydrogens is 264 g/mol. The molecule has 0 amide bonds. The van der Waals surface area contributed by atoms with Crippen molar-refractivity contribution in [1.82, 2.24) is 0 Å². The van der Waals surface area contributed by atoms with Crippen molar-refractivity contribution in [3.8, 4) is 11.5 Å². The Morgan fingerprint density at radius 2 is 1.81 bits per heavy atom. The van der Waals surface area contributed by atoms with Crippen LogP contribution in [0.15, 0.2) is 42.5 Å². The number of methoxy groups -OCH3 is 1. The third-order valence-electron chi connectivity index (χ3n) is 3.48. The zero-order valence-corrected chi connectivity index (χ0v) is 12.8. The van der Waals surface area contributed by atoms with E-state index in [1.807, 2.05) is 50.2 Å². The number of hydrogen-bond donors (Lipinski definition) is 1. The number of benzene rings is 2. The monoisotopic (exact) mass is 286 g/mol. The highest BCUT2D eigenvalue weighted by Crippen LogP contribution is 2.23. The first-order valence-corrected chi connectivity index (χ1v) is 7.18. The molecule has 0 unspecified atom stereocenters. The molecule has 1 N–H and O–H groups in total. The molecule has 0 fully saturated rings. The fourth-order valence-corrected chi connectivity index (χ4v) is 2.20. The van der Waals surface area contributed by atoms with E-state index in [-0.39, 0.29) is 0 Å². The minimum atomic E-state index is -0.407. The smallest absolute Gasteiger partial charge is 0.125 e. The summed E-state index contributed by atoms with van der Waals surface area (Å²) in [6.45, 7) is 4.46. The van der Waals surface area contributed by atoms with E-state index in [2.05, 4.69) is 6.07 Å². The lowest BCUT2D eigenvalue weighted by Gasteiger charge is -2.12. The molecule has 0 saturated carbocycles. The highest BCUT2D eigenvalue weighted by Gasteiger charge is 2.06. The Labute approximate surface area is 126 Å². The molecule has 0 aliphatic carbocycles. The number of aryl methyl sites for hydroxylation is 1. The first-order valence-electron chi connectivity index (χ1n) is 7.18. The maximum Gasteiger partial charge on any atom is 0.125 e. The molecule has 3 nitrogen and oxygen atoms in total. The topological polar surface area (TPSA) is 38.7 Å². The predicted octanol–water partition coefficient (Wildman–Crippen LogP) is 4.03. The molecule has 2 rings (SSSR count). The molecule has 1 atom stereocenters. The summed E-state index contributed by atoms with van der Waals surface area (Å²) in [5, 5.41) is 9.77. The number of aliphatic hydroxyl groups excluding tert-OH is 1. The van der Waals surface area contributed by atoms with Crippen molar-refractivity contribution in [2.75, 3.05) is 7.11 Å². The first-order chi connectivity index (χ1) is 10.1. The second-order valence-corrected chi connectivity index (χ2v) is 5.10. The minimum Gasteiger partial charge on any atom is -0.496 e. The summed E-state index contributed by atoms with van der Waals surface area (Å²) in [4.78, 5) is 0. The van der Waals surface area contributed by atoms with Crippen molar-refractivity contribution >= 4 is 0 Å². The third kappa shape index (κ3) is 3.99. The van der Waals surface area contributed by atoms with E-state index >= 15 is 0 Å². The summed E-state index contributed by atoms with van der Waals surface area (Å²) in [6.07, 6.45) is 0.302. The molecule has 0 aromatic heterocycles. The average Bonchev–Trinajstić information content (AvgIpc) is 2.52. The lowest BCUT2D eigenvalue weighted by molar-refractivity contribution is 0.173. The molecule has 0 bridgehead atoms. The molecule has 112 valence electrons. The Kier molecular flexibility index (Phi) is 5.23. The van der Waals surface area contributed by atoms with Crippen molar-refractivity contribution in [3.63, 3.8) is 0 Å². The van der Waals surface area contributed by atoms with Gasteiger partial charge in [0.2, 0.25) is 0 Å². The molecule has 0 aliphatic rings. The van der Waals surface area contributed by atoms with Crippen LogP contribution in [0.5, 0.6) is 11.5 Å². The second kappa shape index (κ2) is 7.14. The Morgan fingerprint density at radius 3 is 2.43 bits per heavy atom. The van der Waals surface area contributed by atoms with Gasteiger partial charge in [0, 0.05) is 5.56 Å². The summed E-state index contributed by atoms with van der Waals surface area (Å²) in [5.74, 6) is 1.62. The van der Waals surface area contributed by atoms with Gasteiger partial charge in [0.25, 0.3) is 0 Å². The van der Waals surface area contributed by atoms with Crippen molar-refractivity contribution in [3.05, 3.63) is 59.2 Å². The van der Waals surface area contributed by atoms with Gasteiger partial charge in [-0.15, -0.1) is 0 Å². The van der Waals surface area contributed by atoms with Crippen LogP contribution in [0, 0.1) is 6.92 Å². The lowest BCUT2D eigenvalue weighted by atomic mass is 10.1. The van der Waals surface area contributed by atoms with Gasteiger partial charge in [-0.05, 0) is 43.2 Å². The van der Waals surface area contributed by atoms with Gasteiger partial charge in [-0.3, -0.25) is 0 Å². The quantitative estimate of drug-likeness (QED) is 0.871. The van der Waals surface area contributed by atoms with Gasteiger partial charge in [0.05, 0.1) is 13.2 Å².